The smallest absolute Gasteiger partial charge is 0.263 e. The summed E-state index contributed by atoms with van der Waals surface area (Å²) in [4.78, 5) is 16.7. The van der Waals surface area contributed by atoms with E-state index in [0.717, 1.165) is 30.8 Å². The summed E-state index contributed by atoms with van der Waals surface area (Å²) in [5.41, 5.74) is 1.22. The highest BCUT2D eigenvalue weighted by molar-refractivity contribution is 7.14. The quantitative estimate of drug-likeness (QED) is 0.791. The molecule has 0 unspecified atom stereocenters. The Hall–Kier alpha value is -0.870. The predicted molar refractivity (Wildman–Crippen MR) is 76.8 cm³/mol. The minimum atomic E-state index is 0.208. The van der Waals surface area contributed by atoms with Crippen LogP contribution in [0.3, 0.4) is 0 Å². The average molecular weight is 279 g/mol. The Morgan fingerprint density at radius 3 is 2.95 bits per heavy atom. The van der Waals surface area contributed by atoms with Gasteiger partial charge in [0.05, 0.1) is 17.1 Å². The van der Waals surface area contributed by atoms with Crippen molar-refractivity contribution in [1.82, 2.24) is 4.90 Å². The normalized spacial score (nSPS) is 30.5. The molecule has 3 nitrogen and oxygen atoms in total. The number of carbonyl (C=O) groups is 1. The van der Waals surface area contributed by atoms with E-state index in [2.05, 4.69) is 20.8 Å². The first-order valence-electron chi connectivity index (χ1n) is 7.06. The molecule has 2 fully saturated rings. The maximum Gasteiger partial charge on any atom is 0.263 e. The topological polar surface area (TPSA) is 29.5 Å². The van der Waals surface area contributed by atoms with Gasteiger partial charge in [0.1, 0.15) is 0 Å². The van der Waals surface area contributed by atoms with Crippen molar-refractivity contribution in [3.8, 4) is 0 Å². The lowest BCUT2D eigenvalue weighted by molar-refractivity contribution is 0.00878. The Bertz CT molecular complexity index is 477. The van der Waals surface area contributed by atoms with Gasteiger partial charge in [-0.1, -0.05) is 0 Å². The van der Waals surface area contributed by atoms with Crippen LogP contribution < -0.4 is 0 Å². The fourth-order valence-corrected chi connectivity index (χ4v) is 4.22. The molecule has 104 valence electrons. The highest BCUT2D eigenvalue weighted by Crippen LogP contribution is 2.33. The molecule has 0 aliphatic carbocycles. The number of hydrogen-bond acceptors (Lipinski definition) is 3. The molecule has 0 saturated carbocycles. The zero-order valence-corrected chi connectivity index (χ0v) is 12.6. The average Bonchev–Trinajstić information content (AvgIpc) is 2.90. The number of carbonyl (C=O) groups excluding carboxylic acids is 1. The van der Waals surface area contributed by atoms with Gasteiger partial charge >= 0.3 is 0 Å². The molecule has 0 aromatic carbocycles. The van der Waals surface area contributed by atoms with Crippen molar-refractivity contribution < 1.29 is 9.53 Å². The van der Waals surface area contributed by atoms with Gasteiger partial charge in [-0.05, 0) is 45.2 Å². The van der Waals surface area contributed by atoms with E-state index < -0.39 is 0 Å². The number of nitrogens with zero attached hydrogens (tertiary/aromatic N) is 1. The fraction of sp³-hybridized carbons (Fsp3) is 0.667. The SMILES string of the molecule is Cc1cc(C(=O)N2CC[C@@H]3O[C@H](C)C[C@@H]3C2)sc1C. The maximum absolute atomic E-state index is 12.5. The van der Waals surface area contributed by atoms with Crippen LogP contribution in [0, 0.1) is 19.8 Å². The molecule has 0 N–H and O–H groups in total. The molecule has 1 amide bonds. The van der Waals surface area contributed by atoms with E-state index in [1.165, 1.54) is 10.4 Å². The number of rotatable bonds is 1. The van der Waals surface area contributed by atoms with E-state index >= 15 is 0 Å². The molecule has 19 heavy (non-hydrogen) atoms. The largest absolute Gasteiger partial charge is 0.375 e. The number of piperidine rings is 1. The number of fused-ring (bicyclic) bond motifs is 1. The van der Waals surface area contributed by atoms with Crippen LogP contribution in [0.1, 0.15) is 39.9 Å². The van der Waals surface area contributed by atoms with Crippen LogP contribution in [0.2, 0.25) is 0 Å². The number of hydrogen-bond donors (Lipinski definition) is 0. The van der Waals surface area contributed by atoms with Gasteiger partial charge in [-0.25, -0.2) is 0 Å². The van der Waals surface area contributed by atoms with E-state index in [1.807, 2.05) is 11.0 Å². The van der Waals surface area contributed by atoms with Crippen LogP contribution in [0.4, 0.5) is 0 Å². The molecule has 0 spiro atoms. The van der Waals surface area contributed by atoms with Gasteiger partial charge in [-0.3, -0.25) is 4.79 Å². The molecule has 1 aromatic heterocycles. The monoisotopic (exact) mass is 279 g/mol. The lowest BCUT2D eigenvalue weighted by Crippen LogP contribution is -2.44. The molecule has 0 bridgehead atoms. The van der Waals surface area contributed by atoms with Crippen LogP contribution in [0.5, 0.6) is 0 Å². The molecule has 2 aliphatic rings. The second-order valence-corrected chi connectivity index (χ2v) is 7.13. The van der Waals surface area contributed by atoms with Crippen LogP contribution in [-0.2, 0) is 4.74 Å². The minimum absolute atomic E-state index is 0.208. The van der Waals surface area contributed by atoms with E-state index in [-0.39, 0.29) is 5.91 Å². The summed E-state index contributed by atoms with van der Waals surface area (Å²) in [5.74, 6) is 0.744. The number of likely N-dealkylation sites (tertiary alicyclic amines) is 1. The molecular formula is C15H21NO2S. The highest BCUT2D eigenvalue weighted by Gasteiger charge is 2.38. The summed E-state index contributed by atoms with van der Waals surface area (Å²) in [6.07, 6.45) is 2.82. The fourth-order valence-electron chi connectivity index (χ4n) is 3.22. The number of aryl methyl sites for hydroxylation is 2. The maximum atomic E-state index is 12.5. The van der Waals surface area contributed by atoms with Crippen molar-refractivity contribution in [2.24, 2.45) is 5.92 Å². The van der Waals surface area contributed by atoms with Crippen molar-refractivity contribution in [3.05, 3.63) is 21.4 Å². The van der Waals surface area contributed by atoms with Gasteiger partial charge in [0.2, 0.25) is 0 Å². The molecule has 2 aliphatic heterocycles. The Kier molecular flexibility index (Phi) is 3.39. The third-order valence-electron chi connectivity index (χ3n) is 4.37. The standard InChI is InChI=1S/C15H21NO2S/c1-9-6-14(19-11(9)3)15(17)16-5-4-13-12(8-16)7-10(2)18-13/h6,10,12-13H,4-5,7-8H2,1-3H3/t10-,12-,13+/m1/s1. The number of amides is 1. The van der Waals surface area contributed by atoms with E-state index in [9.17, 15) is 4.79 Å². The zero-order chi connectivity index (χ0) is 13.6. The third kappa shape index (κ3) is 2.43. The van der Waals surface area contributed by atoms with Gasteiger partial charge in [0.25, 0.3) is 5.91 Å². The van der Waals surface area contributed by atoms with Crippen LogP contribution in [-0.4, -0.2) is 36.1 Å². The van der Waals surface area contributed by atoms with Crippen molar-refractivity contribution >= 4 is 17.2 Å². The van der Waals surface area contributed by atoms with E-state index in [0.29, 0.717) is 18.1 Å². The first-order chi connectivity index (χ1) is 9.04. The predicted octanol–water partition coefficient (Wildman–Crippen LogP) is 3.00. The first kappa shape index (κ1) is 13.1. The molecule has 3 rings (SSSR count). The summed E-state index contributed by atoms with van der Waals surface area (Å²) >= 11 is 1.62. The van der Waals surface area contributed by atoms with Crippen LogP contribution in [0.15, 0.2) is 6.07 Å². The molecule has 3 heterocycles. The Morgan fingerprint density at radius 1 is 1.47 bits per heavy atom. The molecule has 0 radical (unpaired) electrons. The van der Waals surface area contributed by atoms with Gasteiger partial charge in [-0.15, -0.1) is 11.3 Å². The number of ether oxygens (including phenoxy) is 1. The van der Waals surface area contributed by atoms with Crippen LogP contribution >= 0.6 is 11.3 Å². The van der Waals surface area contributed by atoms with Crippen molar-refractivity contribution in [2.75, 3.05) is 13.1 Å². The van der Waals surface area contributed by atoms with Gasteiger partial charge in [0.15, 0.2) is 0 Å². The van der Waals surface area contributed by atoms with Crippen molar-refractivity contribution in [1.29, 1.82) is 0 Å². The molecule has 3 atom stereocenters. The first-order valence-corrected chi connectivity index (χ1v) is 7.88. The summed E-state index contributed by atoms with van der Waals surface area (Å²) in [6, 6.07) is 2.03. The Labute approximate surface area is 118 Å². The highest BCUT2D eigenvalue weighted by atomic mass is 32.1. The van der Waals surface area contributed by atoms with Crippen LogP contribution in [0.25, 0.3) is 0 Å². The summed E-state index contributed by atoms with van der Waals surface area (Å²) in [6.45, 7) is 7.99. The zero-order valence-electron chi connectivity index (χ0n) is 11.8. The second kappa shape index (κ2) is 4.91. The van der Waals surface area contributed by atoms with Crippen molar-refractivity contribution in [3.63, 3.8) is 0 Å². The Morgan fingerprint density at radius 2 is 2.26 bits per heavy atom. The van der Waals surface area contributed by atoms with Gasteiger partial charge in [0, 0.05) is 23.9 Å². The summed E-state index contributed by atoms with van der Waals surface area (Å²) in [7, 11) is 0. The lowest BCUT2D eigenvalue weighted by Gasteiger charge is -2.33. The molecule has 4 heteroatoms. The third-order valence-corrected chi connectivity index (χ3v) is 5.51. The van der Waals surface area contributed by atoms with E-state index in [4.69, 9.17) is 4.74 Å². The molecule has 1 aromatic rings. The molecule has 2 saturated heterocycles. The van der Waals surface area contributed by atoms with Crippen molar-refractivity contribution in [2.45, 2.75) is 45.8 Å². The van der Waals surface area contributed by atoms with E-state index in [1.54, 1.807) is 11.3 Å². The van der Waals surface area contributed by atoms with Gasteiger partial charge < -0.3 is 9.64 Å². The Balaban J connectivity index is 1.71. The minimum Gasteiger partial charge on any atom is -0.375 e. The summed E-state index contributed by atoms with van der Waals surface area (Å²) < 4.78 is 5.89. The molecular weight excluding hydrogens is 258 g/mol. The van der Waals surface area contributed by atoms with Gasteiger partial charge in [-0.2, -0.15) is 0 Å². The summed E-state index contributed by atoms with van der Waals surface area (Å²) in [5, 5.41) is 0. The second-order valence-electron chi connectivity index (χ2n) is 5.87. The number of thiophene rings is 1. The lowest BCUT2D eigenvalue weighted by atomic mass is 9.93.